The molecule has 17 nitrogen and oxygen atoms in total. The van der Waals surface area contributed by atoms with Gasteiger partial charge in [0.05, 0.1) is 26.4 Å². The third-order valence-corrected chi connectivity index (χ3v) is 17.0. The molecule has 0 aliphatic heterocycles. The van der Waals surface area contributed by atoms with Crippen molar-refractivity contribution in [1.82, 2.24) is 0 Å². The second-order valence-corrected chi connectivity index (χ2v) is 26.4. The Kier molecular flexibility index (Phi) is 58.6. The Bertz CT molecular complexity index is 1620. The highest BCUT2D eigenvalue weighted by Gasteiger charge is 2.30. The number of phosphoric acid groups is 2. The number of carbonyl (C=O) groups is 4. The van der Waals surface area contributed by atoms with Crippen molar-refractivity contribution in [2.45, 2.75) is 354 Å². The summed E-state index contributed by atoms with van der Waals surface area (Å²) in [5, 5.41) is 10.5. The third-order valence-electron chi connectivity index (χ3n) is 15.1. The molecular formula is C65H126O17P2. The Morgan fingerprint density at radius 2 is 0.476 bits per heavy atom. The van der Waals surface area contributed by atoms with Crippen LogP contribution in [0.3, 0.4) is 0 Å². The number of aliphatic hydroxyl groups excluding tert-OH is 1. The molecule has 0 aromatic rings. The van der Waals surface area contributed by atoms with Crippen molar-refractivity contribution >= 4 is 39.5 Å². The Balaban J connectivity index is 5.11. The largest absolute Gasteiger partial charge is 0.472 e. The van der Waals surface area contributed by atoms with Gasteiger partial charge in [0, 0.05) is 25.7 Å². The maximum atomic E-state index is 13.0. The smallest absolute Gasteiger partial charge is 0.462 e. The first kappa shape index (κ1) is 82.1. The van der Waals surface area contributed by atoms with Crippen LogP contribution in [0.5, 0.6) is 0 Å². The van der Waals surface area contributed by atoms with Crippen LogP contribution in [-0.4, -0.2) is 96.7 Å². The summed E-state index contributed by atoms with van der Waals surface area (Å²) < 4.78 is 67.8. The van der Waals surface area contributed by atoms with Crippen molar-refractivity contribution in [3.05, 3.63) is 0 Å². The van der Waals surface area contributed by atoms with Crippen molar-refractivity contribution in [2.75, 3.05) is 39.6 Å². The fraction of sp³-hybridized carbons (Fsp3) is 0.938. The van der Waals surface area contributed by atoms with Gasteiger partial charge in [-0.25, -0.2) is 9.13 Å². The average molecular weight is 1240 g/mol. The quantitative estimate of drug-likeness (QED) is 0.0222. The van der Waals surface area contributed by atoms with Gasteiger partial charge in [0.25, 0.3) is 0 Å². The van der Waals surface area contributed by atoms with E-state index in [0.717, 1.165) is 96.3 Å². The van der Waals surface area contributed by atoms with Gasteiger partial charge in [0.2, 0.25) is 0 Å². The van der Waals surface area contributed by atoms with Crippen LogP contribution in [0, 0.1) is 0 Å². The van der Waals surface area contributed by atoms with Gasteiger partial charge < -0.3 is 33.8 Å². The van der Waals surface area contributed by atoms with Crippen LogP contribution in [-0.2, 0) is 65.4 Å². The summed E-state index contributed by atoms with van der Waals surface area (Å²) >= 11 is 0. The summed E-state index contributed by atoms with van der Waals surface area (Å²) in [7, 11) is -9.87. The van der Waals surface area contributed by atoms with Crippen LogP contribution >= 0.6 is 15.6 Å². The Hall–Kier alpha value is -1.94. The lowest BCUT2D eigenvalue weighted by Gasteiger charge is -2.21. The van der Waals surface area contributed by atoms with Crippen molar-refractivity contribution in [3.63, 3.8) is 0 Å². The molecule has 0 bridgehead atoms. The number of hydrogen-bond acceptors (Lipinski definition) is 15. The number of hydrogen-bond donors (Lipinski definition) is 3. The first-order chi connectivity index (χ1) is 40.7. The second-order valence-electron chi connectivity index (χ2n) is 23.5. The summed E-state index contributed by atoms with van der Waals surface area (Å²) in [4.78, 5) is 71.9. The first-order valence-electron chi connectivity index (χ1n) is 34.3. The van der Waals surface area contributed by atoms with Gasteiger partial charge in [-0.3, -0.25) is 37.3 Å². The topological polar surface area (TPSA) is 237 Å². The first-order valence-corrected chi connectivity index (χ1v) is 37.3. The summed E-state index contributed by atoms with van der Waals surface area (Å²) in [6, 6.07) is 0. The molecule has 0 aromatic carbocycles. The molecule has 498 valence electrons. The van der Waals surface area contributed by atoms with Crippen LogP contribution < -0.4 is 0 Å². The normalized spacial score (nSPS) is 14.1. The van der Waals surface area contributed by atoms with Gasteiger partial charge in [-0.05, 0) is 25.7 Å². The van der Waals surface area contributed by atoms with E-state index in [2.05, 4.69) is 27.7 Å². The van der Waals surface area contributed by atoms with E-state index in [-0.39, 0.29) is 25.7 Å². The molecule has 0 aliphatic carbocycles. The molecule has 84 heavy (non-hydrogen) atoms. The summed E-state index contributed by atoms with van der Waals surface area (Å²) in [5.74, 6) is -2.14. The maximum absolute atomic E-state index is 13.0. The standard InChI is InChI=1S/C65H126O17P2/c1-5-9-13-17-20-23-25-26-27-28-29-30-31-32-34-37-40-44-48-52-65(70)82-61(56-76-63(68)50-46-42-38-36-33-24-21-18-14-10-6-2)58-80-84(73,74)78-54-59(66)53-77-83(71,72)79-57-60(55-75-62(67)49-45-41-16-12-8-4)81-64(69)51-47-43-39-35-22-19-15-11-7-3/h59-61,66H,5-58H2,1-4H3,(H,71,72)(H,73,74)/t59-,60+,61+/m0/s1. The molecule has 0 rings (SSSR count). The van der Waals surface area contributed by atoms with E-state index in [9.17, 15) is 43.2 Å². The van der Waals surface area contributed by atoms with Gasteiger partial charge in [-0.2, -0.15) is 0 Å². The van der Waals surface area contributed by atoms with E-state index >= 15 is 0 Å². The van der Waals surface area contributed by atoms with Crippen molar-refractivity contribution in [1.29, 1.82) is 0 Å². The Morgan fingerprint density at radius 1 is 0.286 bits per heavy atom. The molecule has 0 aromatic heterocycles. The molecule has 3 N–H and O–H groups in total. The Morgan fingerprint density at radius 3 is 0.702 bits per heavy atom. The number of carbonyl (C=O) groups excluding carboxylic acids is 4. The zero-order valence-corrected chi connectivity index (χ0v) is 55.7. The molecule has 2 unspecified atom stereocenters. The van der Waals surface area contributed by atoms with Crippen LogP contribution in [0.2, 0.25) is 0 Å². The molecule has 0 heterocycles. The molecule has 0 radical (unpaired) electrons. The van der Waals surface area contributed by atoms with Gasteiger partial charge >= 0.3 is 39.5 Å². The lowest BCUT2D eigenvalue weighted by atomic mass is 10.0. The van der Waals surface area contributed by atoms with Crippen LogP contribution in [0.4, 0.5) is 0 Å². The molecule has 0 spiro atoms. The number of aliphatic hydroxyl groups is 1. The molecule has 0 amide bonds. The van der Waals surface area contributed by atoms with E-state index in [4.69, 9.17) is 37.0 Å². The zero-order valence-electron chi connectivity index (χ0n) is 53.9. The van der Waals surface area contributed by atoms with Gasteiger partial charge in [-0.15, -0.1) is 0 Å². The zero-order chi connectivity index (χ0) is 61.9. The Labute approximate surface area is 511 Å². The molecule has 0 saturated heterocycles. The molecule has 0 aliphatic rings. The number of phosphoric ester groups is 2. The number of unbranched alkanes of at least 4 members (excludes halogenated alkanes) is 40. The predicted octanol–water partition coefficient (Wildman–Crippen LogP) is 18.3. The second kappa shape index (κ2) is 60.0. The minimum absolute atomic E-state index is 0.105. The molecule has 0 saturated carbocycles. The highest BCUT2D eigenvalue weighted by molar-refractivity contribution is 7.47. The van der Waals surface area contributed by atoms with Gasteiger partial charge in [0.15, 0.2) is 12.2 Å². The highest BCUT2D eigenvalue weighted by Crippen LogP contribution is 2.45. The summed E-state index contributed by atoms with van der Waals surface area (Å²) in [6.07, 6.45) is 46.3. The van der Waals surface area contributed by atoms with Crippen molar-refractivity contribution < 1.29 is 80.2 Å². The number of ether oxygens (including phenoxy) is 4. The average Bonchev–Trinajstić information content (AvgIpc) is 3.58. The number of rotatable bonds is 66. The minimum atomic E-state index is -4.94. The van der Waals surface area contributed by atoms with Gasteiger partial charge in [-0.1, -0.05) is 285 Å². The monoisotopic (exact) mass is 1240 g/mol. The molecular weight excluding hydrogens is 1110 g/mol. The minimum Gasteiger partial charge on any atom is -0.462 e. The predicted molar refractivity (Wildman–Crippen MR) is 335 cm³/mol. The summed E-state index contributed by atoms with van der Waals surface area (Å²) in [6.45, 7) is 4.80. The third kappa shape index (κ3) is 59.0. The lowest BCUT2D eigenvalue weighted by molar-refractivity contribution is -0.161. The molecule has 5 atom stereocenters. The number of esters is 4. The van der Waals surface area contributed by atoms with E-state index in [0.29, 0.717) is 25.7 Å². The van der Waals surface area contributed by atoms with Crippen molar-refractivity contribution in [2.24, 2.45) is 0 Å². The SMILES string of the molecule is CCCCCCCCCCCCCCCCCCCCCC(=O)O[C@H](COC(=O)CCCCCCCCCCCCC)COP(=O)(O)OC[C@@H](O)COP(=O)(O)OC[C@@H](COC(=O)CCCCCCC)OC(=O)CCCCCCCCCCC. The molecule has 19 heteroatoms. The lowest BCUT2D eigenvalue weighted by Crippen LogP contribution is -2.30. The van der Waals surface area contributed by atoms with E-state index in [1.807, 2.05) is 0 Å². The van der Waals surface area contributed by atoms with E-state index in [1.54, 1.807) is 0 Å². The highest BCUT2D eigenvalue weighted by atomic mass is 31.2. The maximum Gasteiger partial charge on any atom is 0.472 e. The fourth-order valence-electron chi connectivity index (χ4n) is 9.81. The van der Waals surface area contributed by atoms with Crippen LogP contribution in [0.1, 0.15) is 336 Å². The van der Waals surface area contributed by atoms with Crippen molar-refractivity contribution in [3.8, 4) is 0 Å². The summed E-state index contributed by atoms with van der Waals surface area (Å²) in [5.41, 5.74) is 0. The van der Waals surface area contributed by atoms with Crippen LogP contribution in [0.15, 0.2) is 0 Å². The molecule has 0 fully saturated rings. The van der Waals surface area contributed by atoms with E-state index < -0.39 is 97.5 Å². The fourth-order valence-corrected chi connectivity index (χ4v) is 11.4. The van der Waals surface area contributed by atoms with Crippen LogP contribution in [0.25, 0.3) is 0 Å². The van der Waals surface area contributed by atoms with Gasteiger partial charge in [0.1, 0.15) is 19.3 Å². The van der Waals surface area contributed by atoms with E-state index in [1.165, 1.54) is 161 Å².